The molecule has 1 fully saturated rings. The molecule has 1 aromatic carbocycles. The van der Waals surface area contributed by atoms with Gasteiger partial charge in [-0.2, -0.15) is 0 Å². The first-order chi connectivity index (χ1) is 9.15. The number of benzene rings is 1. The molecule has 0 aliphatic heterocycles. The van der Waals surface area contributed by atoms with Crippen LogP contribution in [-0.4, -0.2) is 19.8 Å². The van der Waals surface area contributed by atoms with Gasteiger partial charge in [0.1, 0.15) is 0 Å². The van der Waals surface area contributed by atoms with Crippen LogP contribution in [0.3, 0.4) is 0 Å². The Balaban J connectivity index is 2.33. The van der Waals surface area contributed by atoms with Crippen LogP contribution < -0.4 is 15.2 Å². The van der Waals surface area contributed by atoms with Gasteiger partial charge >= 0.3 is 0 Å². The van der Waals surface area contributed by atoms with Gasteiger partial charge in [0.05, 0.1) is 13.2 Å². The average Bonchev–Trinajstić information content (AvgIpc) is 2.34. The normalized spacial score (nSPS) is 16.8. The maximum absolute atomic E-state index is 6.14. The zero-order chi connectivity index (χ0) is 13.8. The molecule has 0 bridgehead atoms. The van der Waals surface area contributed by atoms with Crippen LogP contribution in [0.15, 0.2) is 16.6 Å². The molecule has 1 saturated carbocycles. The number of ether oxygens (including phenoxy) is 2. The topological polar surface area (TPSA) is 44.5 Å². The van der Waals surface area contributed by atoms with Gasteiger partial charge in [-0.1, -0.05) is 22.9 Å². The fourth-order valence-corrected chi connectivity index (χ4v) is 2.75. The van der Waals surface area contributed by atoms with E-state index in [1.807, 2.05) is 6.07 Å². The summed E-state index contributed by atoms with van der Waals surface area (Å²) in [5, 5.41) is 0. The molecule has 0 heterocycles. The highest BCUT2D eigenvalue weighted by atomic mass is 79.9. The van der Waals surface area contributed by atoms with E-state index >= 15 is 0 Å². The van der Waals surface area contributed by atoms with Crippen LogP contribution in [0.1, 0.15) is 44.1 Å². The van der Waals surface area contributed by atoms with E-state index in [0.717, 1.165) is 35.2 Å². The Morgan fingerprint density at radius 2 is 2.16 bits per heavy atom. The maximum Gasteiger partial charge on any atom is 0.165 e. The Kier molecular flexibility index (Phi) is 5.11. The summed E-state index contributed by atoms with van der Waals surface area (Å²) in [6.07, 6.45) is 4.84. The molecule has 0 saturated heterocycles. The lowest BCUT2D eigenvalue weighted by atomic mass is 9.94. The lowest BCUT2D eigenvalue weighted by Crippen LogP contribution is -2.25. The first kappa shape index (κ1) is 14.7. The van der Waals surface area contributed by atoms with E-state index in [4.69, 9.17) is 15.2 Å². The summed E-state index contributed by atoms with van der Waals surface area (Å²) in [6.45, 7) is 2.86. The van der Waals surface area contributed by atoms with Crippen molar-refractivity contribution in [1.29, 1.82) is 0 Å². The van der Waals surface area contributed by atoms with Crippen molar-refractivity contribution in [2.75, 3.05) is 13.7 Å². The molecule has 0 spiro atoms. The molecule has 1 aliphatic rings. The molecule has 3 nitrogen and oxygen atoms in total. The SMILES string of the molecule is COc1cc(Br)cc(C(C)CCN)c1OC1CCC1. The van der Waals surface area contributed by atoms with Gasteiger partial charge in [-0.15, -0.1) is 0 Å². The third-order valence-electron chi connectivity index (χ3n) is 3.74. The van der Waals surface area contributed by atoms with E-state index in [1.165, 1.54) is 12.0 Å². The smallest absolute Gasteiger partial charge is 0.165 e. The maximum atomic E-state index is 6.14. The molecule has 19 heavy (non-hydrogen) atoms. The zero-order valence-corrected chi connectivity index (χ0v) is 13.2. The van der Waals surface area contributed by atoms with Crippen LogP contribution in [0.4, 0.5) is 0 Å². The van der Waals surface area contributed by atoms with E-state index in [2.05, 4.69) is 28.9 Å². The first-order valence-corrected chi connectivity index (χ1v) is 7.69. The molecule has 1 unspecified atom stereocenters. The van der Waals surface area contributed by atoms with Gasteiger partial charge in [0.25, 0.3) is 0 Å². The van der Waals surface area contributed by atoms with Gasteiger partial charge in [-0.05, 0) is 50.3 Å². The third kappa shape index (κ3) is 3.42. The van der Waals surface area contributed by atoms with Crippen molar-refractivity contribution in [3.8, 4) is 11.5 Å². The van der Waals surface area contributed by atoms with Gasteiger partial charge < -0.3 is 15.2 Å². The van der Waals surface area contributed by atoms with Crippen LogP contribution in [-0.2, 0) is 0 Å². The molecular weight excluding hydrogens is 306 g/mol. The molecule has 0 radical (unpaired) electrons. The summed E-state index contributed by atoms with van der Waals surface area (Å²) < 4.78 is 12.6. The van der Waals surface area contributed by atoms with Gasteiger partial charge in [0, 0.05) is 10.0 Å². The second kappa shape index (κ2) is 6.62. The van der Waals surface area contributed by atoms with Crippen LogP contribution in [0, 0.1) is 0 Å². The summed E-state index contributed by atoms with van der Waals surface area (Å²) in [5.74, 6) is 2.07. The largest absolute Gasteiger partial charge is 0.493 e. The molecule has 4 heteroatoms. The van der Waals surface area contributed by atoms with Crippen molar-refractivity contribution in [3.63, 3.8) is 0 Å². The van der Waals surface area contributed by atoms with Crippen molar-refractivity contribution < 1.29 is 9.47 Å². The third-order valence-corrected chi connectivity index (χ3v) is 4.19. The fraction of sp³-hybridized carbons (Fsp3) is 0.600. The highest BCUT2D eigenvalue weighted by Crippen LogP contribution is 2.41. The van der Waals surface area contributed by atoms with Crippen molar-refractivity contribution in [1.82, 2.24) is 0 Å². The lowest BCUT2D eigenvalue weighted by molar-refractivity contribution is 0.114. The first-order valence-electron chi connectivity index (χ1n) is 6.89. The minimum atomic E-state index is 0.346. The predicted octanol–water partition coefficient (Wildman–Crippen LogP) is 3.84. The predicted molar refractivity (Wildman–Crippen MR) is 81.0 cm³/mol. The average molecular weight is 328 g/mol. The standard InChI is InChI=1S/C15H22BrNO2/c1-10(6-7-17)13-8-11(16)9-14(18-2)15(13)19-12-4-3-5-12/h8-10,12H,3-7,17H2,1-2H3. The summed E-state index contributed by atoms with van der Waals surface area (Å²) in [4.78, 5) is 0. The number of halogens is 1. The van der Waals surface area contributed by atoms with Crippen molar-refractivity contribution in [3.05, 3.63) is 22.2 Å². The summed E-state index contributed by atoms with van der Waals surface area (Å²) in [6, 6.07) is 4.09. The summed E-state index contributed by atoms with van der Waals surface area (Å²) in [7, 11) is 1.69. The van der Waals surface area contributed by atoms with E-state index in [0.29, 0.717) is 18.6 Å². The number of nitrogens with two attached hydrogens (primary N) is 1. The summed E-state index contributed by atoms with van der Waals surface area (Å²) in [5.41, 5.74) is 6.86. The highest BCUT2D eigenvalue weighted by Gasteiger charge is 2.24. The van der Waals surface area contributed by atoms with Crippen molar-refractivity contribution in [2.45, 2.75) is 44.6 Å². The Morgan fingerprint density at radius 1 is 1.42 bits per heavy atom. The fourth-order valence-electron chi connectivity index (χ4n) is 2.29. The molecular formula is C15H22BrNO2. The van der Waals surface area contributed by atoms with Gasteiger partial charge in [-0.3, -0.25) is 0 Å². The Hall–Kier alpha value is -0.740. The van der Waals surface area contributed by atoms with Gasteiger partial charge in [-0.25, -0.2) is 0 Å². The number of hydrogen-bond acceptors (Lipinski definition) is 3. The van der Waals surface area contributed by atoms with Crippen LogP contribution in [0.25, 0.3) is 0 Å². The summed E-state index contributed by atoms with van der Waals surface area (Å²) >= 11 is 3.54. The number of rotatable bonds is 6. The highest BCUT2D eigenvalue weighted by molar-refractivity contribution is 9.10. The Labute approximate surface area is 123 Å². The van der Waals surface area contributed by atoms with Crippen LogP contribution in [0.5, 0.6) is 11.5 Å². The van der Waals surface area contributed by atoms with Crippen LogP contribution >= 0.6 is 15.9 Å². The quantitative estimate of drug-likeness (QED) is 0.863. The van der Waals surface area contributed by atoms with Crippen molar-refractivity contribution in [2.24, 2.45) is 5.73 Å². The molecule has 1 atom stereocenters. The molecule has 2 N–H and O–H groups in total. The van der Waals surface area contributed by atoms with E-state index in [9.17, 15) is 0 Å². The minimum Gasteiger partial charge on any atom is -0.493 e. The zero-order valence-electron chi connectivity index (χ0n) is 11.6. The second-order valence-corrected chi connectivity index (χ2v) is 6.09. The Bertz CT molecular complexity index is 432. The van der Waals surface area contributed by atoms with E-state index < -0.39 is 0 Å². The monoisotopic (exact) mass is 327 g/mol. The molecule has 0 aromatic heterocycles. The second-order valence-electron chi connectivity index (χ2n) is 5.18. The van der Waals surface area contributed by atoms with E-state index in [-0.39, 0.29) is 0 Å². The molecule has 106 valence electrons. The number of methoxy groups -OCH3 is 1. The Morgan fingerprint density at radius 3 is 2.68 bits per heavy atom. The number of hydrogen-bond donors (Lipinski definition) is 1. The minimum absolute atomic E-state index is 0.346. The molecule has 2 rings (SSSR count). The molecule has 1 aliphatic carbocycles. The van der Waals surface area contributed by atoms with Gasteiger partial charge in [0.15, 0.2) is 11.5 Å². The van der Waals surface area contributed by atoms with E-state index in [1.54, 1.807) is 7.11 Å². The van der Waals surface area contributed by atoms with Crippen molar-refractivity contribution >= 4 is 15.9 Å². The van der Waals surface area contributed by atoms with Crippen LogP contribution in [0.2, 0.25) is 0 Å². The molecule has 1 aromatic rings. The molecule has 0 amide bonds. The lowest BCUT2D eigenvalue weighted by Gasteiger charge is -2.29. The van der Waals surface area contributed by atoms with Gasteiger partial charge in [0.2, 0.25) is 0 Å².